The largest absolute Gasteiger partial charge is 0.455 e. The monoisotopic (exact) mass is 1900 g/mol. The Bertz CT molecular complexity index is 9840. The Morgan fingerprint density at radius 2 is 0.426 bits per heavy atom. The molecule has 692 valence electrons. The molecule has 6 heterocycles. The third-order valence-corrected chi connectivity index (χ3v) is 29.6. The van der Waals surface area contributed by atoms with Gasteiger partial charge in [0.25, 0.3) is 0 Å². The van der Waals surface area contributed by atoms with Crippen molar-refractivity contribution in [2.24, 2.45) is 0 Å². The lowest BCUT2D eigenvalue weighted by Gasteiger charge is -2.13. The molecule has 0 saturated carbocycles. The second-order valence-electron chi connectivity index (χ2n) is 37.5. The van der Waals surface area contributed by atoms with Gasteiger partial charge < -0.3 is 13.6 Å². The lowest BCUT2D eigenvalue weighted by Crippen LogP contribution is -2.00. The van der Waals surface area contributed by atoms with Crippen molar-refractivity contribution in [1.29, 1.82) is 0 Å². The van der Waals surface area contributed by atoms with Crippen molar-refractivity contribution < 1.29 is 4.42 Å². The maximum atomic E-state index is 6.62. The number of nitrogens with zero attached hydrogens (tertiary/aromatic N) is 8. The fraction of sp³-hybridized carbons (Fsp3) is 0. The Morgan fingerprint density at radius 1 is 0.155 bits per heavy atom. The third-order valence-electron chi connectivity index (χ3n) is 28.4. The van der Waals surface area contributed by atoms with E-state index in [1.165, 1.54) is 75.1 Å². The first kappa shape index (κ1) is 87.5. The number of thiophene rings is 1. The van der Waals surface area contributed by atoms with Gasteiger partial charge >= 0.3 is 0 Å². The average molecular weight is 1910 g/mol. The van der Waals surface area contributed by atoms with E-state index in [0.29, 0.717) is 34.9 Å². The number of rotatable bonds is 18. The van der Waals surface area contributed by atoms with Crippen LogP contribution in [-0.2, 0) is 0 Å². The van der Waals surface area contributed by atoms with E-state index in [1.807, 2.05) is 35.6 Å². The van der Waals surface area contributed by atoms with Gasteiger partial charge in [-0.05, 0) is 269 Å². The fourth-order valence-corrected chi connectivity index (χ4v) is 22.5. The molecule has 0 atom stereocenters. The maximum Gasteiger partial charge on any atom is 0.167 e. The molecule has 0 aliphatic carbocycles. The standard InChI is InChI=1S/C69H44N4O.C69H44N4S/c1-5-19-45(20-6-1)49-37-38-62-61(44-49)65-57(32-18-35-63(65)73(62)56-29-11-4-12-30-56)50-26-16-28-52(40-50)68-70-67(71-69(72-68)60-34-17-33-59-58-31-13-14-36-64(58)74-66(59)60)51-27-15-25-48(39-51)55-42-53(46-21-7-2-8-22-46)41-54(43-55)47-23-9-3-10-24-47;1-5-18-45(19-6-1)49-34-36-62-61(43-49)66-58(31-17-32-63(66)73(62)57-28-11-4-12-29-57)50-25-16-27-52(39-50)68-70-67(71-69(72-68)53-35-37-65-60(44-53)59-30-13-14-33-64(59)74-65)51-26-15-24-48(38-51)56-41-54(46-20-7-2-8-21-46)40-55(42-56)47-22-9-3-10-23-47/h2*1-44H. The molecule has 0 aliphatic heterocycles. The Balaban J connectivity index is 0.000000146. The minimum atomic E-state index is 0.532. The normalized spacial score (nSPS) is 11.5. The number of hydrogen-bond donors (Lipinski definition) is 0. The number of hydrogen-bond acceptors (Lipinski definition) is 8. The van der Waals surface area contributed by atoms with Gasteiger partial charge in [-0.25, -0.2) is 29.9 Å². The van der Waals surface area contributed by atoms with Crippen molar-refractivity contribution in [3.8, 4) is 191 Å². The molecular formula is C138H88N8OS. The lowest BCUT2D eigenvalue weighted by molar-refractivity contribution is 0.669. The van der Waals surface area contributed by atoms with E-state index in [1.54, 1.807) is 0 Å². The minimum absolute atomic E-state index is 0.532. The summed E-state index contributed by atoms with van der Waals surface area (Å²) < 4.78 is 13.9. The molecule has 9 nitrogen and oxygen atoms in total. The van der Waals surface area contributed by atoms with Crippen LogP contribution in [0.2, 0.25) is 0 Å². The quantitative estimate of drug-likeness (QED) is 0.0843. The molecule has 0 spiro atoms. The van der Waals surface area contributed by atoms with Gasteiger partial charge in [0.05, 0.1) is 27.6 Å². The molecule has 0 N–H and O–H groups in total. The highest BCUT2D eigenvalue weighted by atomic mass is 32.1. The first-order chi connectivity index (χ1) is 73.3. The highest BCUT2D eigenvalue weighted by Gasteiger charge is 2.26. The molecule has 28 aromatic rings. The first-order valence-corrected chi connectivity index (χ1v) is 50.8. The zero-order valence-corrected chi connectivity index (χ0v) is 81.0. The molecule has 0 saturated heterocycles. The Kier molecular flexibility index (Phi) is 22.3. The Morgan fingerprint density at radius 3 is 0.845 bits per heavy atom. The Labute approximate surface area is 859 Å². The van der Waals surface area contributed by atoms with Gasteiger partial charge in [-0.15, -0.1) is 11.3 Å². The predicted molar refractivity (Wildman–Crippen MR) is 615 cm³/mol. The van der Waals surface area contributed by atoms with E-state index in [9.17, 15) is 0 Å². The molecule has 0 fully saturated rings. The smallest absolute Gasteiger partial charge is 0.167 e. The van der Waals surface area contributed by atoms with Gasteiger partial charge in [0.15, 0.2) is 34.9 Å². The van der Waals surface area contributed by atoms with Crippen molar-refractivity contribution in [1.82, 2.24) is 39.0 Å². The second-order valence-corrected chi connectivity index (χ2v) is 38.6. The highest BCUT2D eigenvalue weighted by molar-refractivity contribution is 7.25. The number of aromatic nitrogens is 8. The molecule has 28 rings (SSSR count). The van der Waals surface area contributed by atoms with Crippen molar-refractivity contribution >= 4 is 97.1 Å². The zero-order chi connectivity index (χ0) is 97.9. The average Bonchev–Trinajstić information content (AvgIpc) is 1.57. The van der Waals surface area contributed by atoms with E-state index in [0.717, 1.165) is 167 Å². The molecule has 10 heteroatoms. The van der Waals surface area contributed by atoms with Crippen LogP contribution in [0.15, 0.2) is 538 Å². The van der Waals surface area contributed by atoms with Gasteiger partial charge in [-0.2, -0.15) is 0 Å². The van der Waals surface area contributed by atoms with E-state index < -0.39 is 0 Å². The van der Waals surface area contributed by atoms with Crippen LogP contribution in [0.25, 0.3) is 277 Å². The van der Waals surface area contributed by atoms with Gasteiger partial charge in [0.1, 0.15) is 11.2 Å². The number of benzene rings is 22. The van der Waals surface area contributed by atoms with Gasteiger partial charge in [0, 0.05) is 91.7 Å². The fourth-order valence-electron chi connectivity index (χ4n) is 21.4. The van der Waals surface area contributed by atoms with E-state index >= 15 is 0 Å². The molecule has 6 aromatic heterocycles. The second kappa shape index (κ2) is 37.7. The van der Waals surface area contributed by atoms with Crippen LogP contribution in [0.3, 0.4) is 0 Å². The molecule has 0 unspecified atom stereocenters. The van der Waals surface area contributed by atoms with Crippen LogP contribution in [0.1, 0.15) is 0 Å². The molecule has 0 aliphatic rings. The highest BCUT2D eigenvalue weighted by Crippen LogP contribution is 2.48. The van der Waals surface area contributed by atoms with Crippen molar-refractivity contribution in [3.05, 3.63) is 534 Å². The minimum Gasteiger partial charge on any atom is -0.455 e. The van der Waals surface area contributed by atoms with Crippen molar-refractivity contribution in [3.63, 3.8) is 0 Å². The summed E-state index contributed by atoms with van der Waals surface area (Å²) in [5.74, 6) is 3.50. The van der Waals surface area contributed by atoms with Crippen molar-refractivity contribution in [2.45, 2.75) is 0 Å². The van der Waals surface area contributed by atoms with Crippen LogP contribution < -0.4 is 0 Å². The van der Waals surface area contributed by atoms with E-state index in [4.69, 9.17) is 34.3 Å². The summed E-state index contributed by atoms with van der Waals surface area (Å²) in [4.78, 5) is 32.1. The predicted octanol–water partition coefficient (Wildman–Crippen LogP) is 36.9. The topological polar surface area (TPSA) is 100 Å². The summed E-state index contributed by atoms with van der Waals surface area (Å²) in [6, 6.07) is 190. The summed E-state index contributed by atoms with van der Waals surface area (Å²) in [6.07, 6.45) is 0. The summed E-state index contributed by atoms with van der Waals surface area (Å²) in [5, 5.41) is 9.23. The van der Waals surface area contributed by atoms with E-state index in [2.05, 4.69) is 519 Å². The van der Waals surface area contributed by atoms with Gasteiger partial charge in [0.2, 0.25) is 0 Å². The van der Waals surface area contributed by atoms with Crippen LogP contribution in [0, 0.1) is 0 Å². The third kappa shape index (κ3) is 16.5. The molecule has 0 amide bonds. The molecule has 148 heavy (non-hydrogen) atoms. The number of para-hydroxylation sites is 4. The summed E-state index contributed by atoms with van der Waals surface area (Å²) >= 11 is 1.81. The SMILES string of the molecule is c1ccc(-c2cc(-c3ccccc3)cc(-c3cccc(-c4nc(-c5cccc(-c6cccc7c6c6cc(-c8ccccc8)ccc6n7-c6ccccc6)c5)nc(-c5ccc6sc7ccccc7c6c5)n4)c3)c2)cc1.c1ccc(-c2cc(-c3ccccc3)cc(-c3cccc(-c4nc(-c5cccc(-c6cccc7c6c6cc(-c8ccccc8)ccc6n7-c6ccccc6)c5)nc(-c5cccc6c5oc5ccccc56)n4)c3)c2)cc1. The molecule has 0 radical (unpaired) electrons. The van der Waals surface area contributed by atoms with Gasteiger partial charge in [-0.3, -0.25) is 0 Å². The summed E-state index contributed by atoms with van der Waals surface area (Å²) in [6.45, 7) is 0. The zero-order valence-electron chi connectivity index (χ0n) is 80.2. The number of fused-ring (bicyclic) bond motifs is 12. The molecule has 0 bridgehead atoms. The van der Waals surface area contributed by atoms with Gasteiger partial charge in [-0.1, -0.05) is 376 Å². The number of furan rings is 1. The summed E-state index contributed by atoms with van der Waals surface area (Å²) in [5.41, 5.74) is 36.4. The summed E-state index contributed by atoms with van der Waals surface area (Å²) in [7, 11) is 0. The first-order valence-electron chi connectivity index (χ1n) is 50.0. The molecular weight excluding hydrogens is 1820 g/mol. The van der Waals surface area contributed by atoms with Crippen LogP contribution in [0.4, 0.5) is 0 Å². The lowest BCUT2D eigenvalue weighted by atomic mass is 9.93. The van der Waals surface area contributed by atoms with Crippen LogP contribution in [-0.4, -0.2) is 39.0 Å². The molecule has 22 aromatic carbocycles. The Hall–Kier alpha value is -19.5. The van der Waals surface area contributed by atoms with E-state index in [-0.39, 0.29) is 0 Å². The van der Waals surface area contributed by atoms with Crippen molar-refractivity contribution in [2.75, 3.05) is 0 Å². The van der Waals surface area contributed by atoms with Crippen LogP contribution in [0.5, 0.6) is 0 Å². The maximum absolute atomic E-state index is 6.62. The van der Waals surface area contributed by atoms with Crippen LogP contribution >= 0.6 is 11.3 Å².